The van der Waals surface area contributed by atoms with Crippen molar-refractivity contribution in [3.05, 3.63) is 48.0 Å². The van der Waals surface area contributed by atoms with Gasteiger partial charge in [0.2, 0.25) is 17.6 Å². The normalized spacial score (nSPS) is 11.1. The minimum atomic E-state index is -4.62. The van der Waals surface area contributed by atoms with Gasteiger partial charge in [-0.2, -0.15) is 18.2 Å². The van der Waals surface area contributed by atoms with Crippen molar-refractivity contribution in [2.24, 2.45) is 0 Å². The molecule has 0 bridgehead atoms. The molecule has 3 rings (SSSR count). The van der Waals surface area contributed by atoms with Crippen molar-refractivity contribution in [3.63, 3.8) is 0 Å². The smallest absolute Gasteiger partial charge is 0.416 e. The molecule has 0 amide bonds. The van der Waals surface area contributed by atoms with Gasteiger partial charge in [-0.05, 0) is 18.2 Å². The lowest BCUT2D eigenvalue weighted by molar-refractivity contribution is -0.137. The number of hydrogen-bond donors (Lipinski definition) is 2. The zero-order valence-corrected chi connectivity index (χ0v) is 16.5. The number of benzene rings is 2. The van der Waals surface area contributed by atoms with E-state index in [1.54, 1.807) is 12.1 Å². The Kier molecular flexibility index (Phi) is 6.28. The molecule has 2 aromatic carbocycles. The number of alkyl halides is 3. The van der Waals surface area contributed by atoms with E-state index < -0.39 is 23.2 Å². The minimum Gasteiger partial charge on any atom is -0.493 e. The number of methoxy groups -OCH3 is 3. The summed E-state index contributed by atoms with van der Waals surface area (Å²) in [6, 6.07) is 5.19. The number of hydrogen-bond acceptors (Lipinski definition) is 8. The molecule has 0 spiro atoms. The summed E-state index contributed by atoms with van der Waals surface area (Å²) in [5.74, 6) is 0.119. The van der Waals surface area contributed by atoms with Gasteiger partial charge in [-0.25, -0.2) is 14.4 Å². The molecule has 0 aliphatic rings. The number of halogens is 4. The van der Waals surface area contributed by atoms with Crippen molar-refractivity contribution < 1.29 is 31.8 Å². The average molecular weight is 439 g/mol. The van der Waals surface area contributed by atoms with E-state index in [0.29, 0.717) is 41.1 Å². The lowest BCUT2D eigenvalue weighted by atomic mass is 10.2. The van der Waals surface area contributed by atoms with Gasteiger partial charge in [0.05, 0.1) is 32.6 Å². The molecule has 0 aliphatic carbocycles. The van der Waals surface area contributed by atoms with E-state index in [2.05, 4.69) is 25.6 Å². The Morgan fingerprint density at radius 2 is 1.45 bits per heavy atom. The van der Waals surface area contributed by atoms with Gasteiger partial charge in [-0.15, -0.1) is 0 Å². The molecule has 0 atom stereocenters. The van der Waals surface area contributed by atoms with Crippen LogP contribution in [0.25, 0.3) is 0 Å². The van der Waals surface area contributed by atoms with Crippen LogP contribution in [-0.2, 0) is 6.18 Å². The van der Waals surface area contributed by atoms with Crippen LogP contribution in [0.2, 0.25) is 0 Å². The summed E-state index contributed by atoms with van der Waals surface area (Å²) in [5, 5.41) is 5.32. The van der Waals surface area contributed by atoms with Crippen LogP contribution >= 0.6 is 0 Å². The second kappa shape index (κ2) is 8.90. The summed E-state index contributed by atoms with van der Waals surface area (Å²) in [6.07, 6.45) is -3.51. The fourth-order valence-corrected chi connectivity index (χ4v) is 2.62. The van der Waals surface area contributed by atoms with Gasteiger partial charge in [0.15, 0.2) is 11.5 Å². The number of anilines is 4. The van der Waals surface area contributed by atoms with Gasteiger partial charge in [-0.3, -0.25) is 0 Å². The number of rotatable bonds is 7. The molecule has 31 heavy (non-hydrogen) atoms. The first-order valence-corrected chi connectivity index (χ1v) is 8.65. The van der Waals surface area contributed by atoms with Crippen molar-refractivity contribution in [3.8, 4) is 17.2 Å². The molecule has 0 fully saturated rings. The summed E-state index contributed by atoms with van der Waals surface area (Å²) in [4.78, 5) is 11.8. The maximum atomic E-state index is 14.0. The second-order valence-corrected chi connectivity index (χ2v) is 5.99. The number of aromatic nitrogens is 3. The van der Waals surface area contributed by atoms with E-state index in [0.717, 1.165) is 6.33 Å². The fourth-order valence-electron chi connectivity index (χ4n) is 2.62. The van der Waals surface area contributed by atoms with Gasteiger partial charge in [0.1, 0.15) is 12.1 Å². The fraction of sp³-hybridized carbons (Fsp3) is 0.211. The zero-order valence-electron chi connectivity index (χ0n) is 16.5. The number of ether oxygens (including phenoxy) is 3. The minimum absolute atomic E-state index is 0.0409. The van der Waals surface area contributed by atoms with Crippen molar-refractivity contribution >= 4 is 23.3 Å². The maximum Gasteiger partial charge on any atom is 0.416 e. The zero-order chi connectivity index (χ0) is 22.6. The number of nitrogens with one attached hydrogen (secondary N) is 2. The van der Waals surface area contributed by atoms with Gasteiger partial charge in [-0.1, -0.05) is 0 Å². The topological polar surface area (TPSA) is 90.4 Å². The van der Waals surface area contributed by atoms with Crippen molar-refractivity contribution in [1.29, 1.82) is 0 Å². The Balaban J connectivity index is 1.87. The monoisotopic (exact) mass is 439 g/mol. The summed E-state index contributed by atoms with van der Waals surface area (Å²) in [5.41, 5.74) is -0.974. The third kappa shape index (κ3) is 5.02. The summed E-state index contributed by atoms with van der Waals surface area (Å²) in [6.45, 7) is 0. The van der Waals surface area contributed by atoms with Crippen LogP contribution in [0.5, 0.6) is 17.2 Å². The standard InChI is InChI=1S/C19H17F4N5O3/c1-29-14-7-11(8-15(30-2)16(14)31-3)26-17-24-9-25-18(28-17)27-13-6-10(19(21,22)23)4-5-12(13)20/h4-9H,1-3H3,(H2,24,25,26,27,28). The van der Waals surface area contributed by atoms with Crippen LogP contribution in [-0.4, -0.2) is 36.3 Å². The molecule has 0 saturated heterocycles. The Bertz CT molecular complexity index is 1050. The van der Waals surface area contributed by atoms with E-state index in [-0.39, 0.29) is 11.9 Å². The average Bonchev–Trinajstić information content (AvgIpc) is 2.74. The van der Waals surface area contributed by atoms with Crippen LogP contribution < -0.4 is 24.8 Å². The van der Waals surface area contributed by atoms with Gasteiger partial charge >= 0.3 is 6.18 Å². The highest BCUT2D eigenvalue weighted by Crippen LogP contribution is 2.40. The summed E-state index contributed by atoms with van der Waals surface area (Å²) < 4.78 is 68.4. The first kappa shape index (κ1) is 21.9. The van der Waals surface area contributed by atoms with Crippen molar-refractivity contribution in [1.82, 2.24) is 15.0 Å². The number of nitrogens with zero attached hydrogens (tertiary/aromatic N) is 3. The van der Waals surface area contributed by atoms with Crippen LogP contribution in [0, 0.1) is 5.82 Å². The van der Waals surface area contributed by atoms with Gasteiger partial charge in [0, 0.05) is 17.8 Å². The van der Waals surface area contributed by atoms with Crippen molar-refractivity contribution in [2.75, 3.05) is 32.0 Å². The molecule has 12 heteroatoms. The molecule has 8 nitrogen and oxygen atoms in total. The Morgan fingerprint density at radius 3 is 2.00 bits per heavy atom. The molecule has 0 aliphatic heterocycles. The van der Waals surface area contributed by atoms with Crippen LogP contribution in [0.15, 0.2) is 36.7 Å². The Hall–Kier alpha value is -3.83. The van der Waals surface area contributed by atoms with Crippen LogP contribution in [0.4, 0.5) is 40.8 Å². The van der Waals surface area contributed by atoms with E-state index in [1.807, 2.05) is 0 Å². The molecule has 0 radical (unpaired) electrons. The highest BCUT2D eigenvalue weighted by atomic mass is 19.4. The Morgan fingerprint density at radius 1 is 0.839 bits per heavy atom. The molecular formula is C19H17F4N5O3. The third-order valence-corrected chi connectivity index (χ3v) is 4.03. The molecule has 3 aromatic rings. The SMILES string of the molecule is COc1cc(Nc2ncnc(Nc3cc(C(F)(F)F)ccc3F)n2)cc(OC)c1OC. The lowest BCUT2D eigenvalue weighted by Gasteiger charge is -2.15. The van der Waals surface area contributed by atoms with E-state index >= 15 is 0 Å². The van der Waals surface area contributed by atoms with E-state index in [4.69, 9.17) is 14.2 Å². The first-order chi connectivity index (χ1) is 14.7. The molecule has 2 N–H and O–H groups in total. The molecular weight excluding hydrogens is 422 g/mol. The van der Waals surface area contributed by atoms with Gasteiger partial charge < -0.3 is 24.8 Å². The maximum absolute atomic E-state index is 14.0. The van der Waals surface area contributed by atoms with E-state index in [1.165, 1.54) is 21.3 Å². The van der Waals surface area contributed by atoms with Crippen LogP contribution in [0.1, 0.15) is 5.56 Å². The summed E-state index contributed by atoms with van der Waals surface area (Å²) in [7, 11) is 4.37. The molecule has 0 unspecified atom stereocenters. The lowest BCUT2D eigenvalue weighted by Crippen LogP contribution is -2.08. The quantitative estimate of drug-likeness (QED) is 0.519. The molecule has 164 valence electrons. The Labute approximate surface area is 174 Å². The highest BCUT2D eigenvalue weighted by Gasteiger charge is 2.31. The largest absolute Gasteiger partial charge is 0.493 e. The first-order valence-electron chi connectivity index (χ1n) is 8.65. The molecule has 1 heterocycles. The second-order valence-electron chi connectivity index (χ2n) is 5.99. The highest BCUT2D eigenvalue weighted by molar-refractivity contribution is 5.66. The molecule has 1 aromatic heterocycles. The van der Waals surface area contributed by atoms with Crippen molar-refractivity contribution in [2.45, 2.75) is 6.18 Å². The third-order valence-electron chi connectivity index (χ3n) is 4.03. The van der Waals surface area contributed by atoms with Gasteiger partial charge in [0.25, 0.3) is 0 Å². The molecule has 0 saturated carbocycles. The predicted octanol–water partition coefficient (Wildman–Crippen LogP) is 4.54. The van der Waals surface area contributed by atoms with Crippen LogP contribution in [0.3, 0.4) is 0 Å². The van der Waals surface area contributed by atoms with E-state index in [9.17, 15) is 17.6 Å². The summed E-state index contributed by atoms with van der Waals surface area (Å²) >= 11 is 0. The predicted molar refractivity (Wildman–Crippen MR) is 104 cm³/mol.